The predicted molar refractivity (Wildman–Crippen MR) is 232 cm³/mol. The molecule has 0 amide bonds. The zero-order chi connectivity index (χ0) is 42.9. The Labute approximate surface area is 352 Å². The van der Waals surface area contributed by atoms with Gasteiger partial charge in [-0.2, -0.15) is 0 Å². The molecule has 7 rings (SSSR count). The number of hydrogen-bond acceptors (Lipinski definition) is 13. The summed E-state index contributed by atoms with van der Waals surface area (Å²) >= 11 is 0. The number of carbonyl (C=O) groups excluding carboxylic acids is 2. The van der Waals surface area contributed by atoms with E-state index in [1.54, 1.807) is 67.9 Å². The normalized spacial score (nSPS) is 11.2. The zero-order valence-corrected chi connectivity index (χ0v) is 35.1. The van der Waals surface area contributed by atoms with Gasteiger partial charge in [0.05, 0.1) is 76.9 Å². The van der Waals surface area contributed by atoms with E-state index in [0.29, 0.717) is 56.6 Å². The summed E-state index contributed by atoms with van der Waals surface area (Å²) in [4.78, 5) is 28.5. The van der Waals surface area contributed by atoms with Crippen LogP contribution in [0.5, 0.6) is 34.5 Å². The van der Waals surface area contributed by atoms with Crippen LogP contribution in [0.4, 0.5) is 15.3 Å². The maximum atomic E-state index is 13.3. The molecule has 0 fully saturated rings. The minimum atomic E-state index is -0.517. The number of aromatic nitrogens is 2. The van der Waals surface area contributed by atoms with Crippen molar-refractivity contribution in [2.24, 2.45) is 0 Å². The first-order valence-corrected chi connectivity index (χ1v) is 19.6. The summed E-state index contributed by atoms with van der Waals surface area (Å²) in [6, 6.07) is 27.7. The van der Waals surface area contributed by atoms with Gasteiger partial charge in [-0.1, -0.05) is 0 Å². The molecule has 0 bridgehead atoms. The average Bonchev–Trinajstić information content (AvgIpc) is 3.79. The van der Waals surface area contributed by atoms with Crippen molar-refractivity contribution in [3.63, 3.8) is 0 Å². The molecule has 320 valence electrons. The van der Waals surface area contributed by atoms with Gasteiger partial charge in [-0.25, -0.2) is 18.7 Å². The van der Waals surface area contributed by atoms with E-state index in [9.17, 15) is 9.59 Å². The van der Waals surface area contributed by atoms with E-state index in [1.165, 1.54) is 0 Å². The van der Waals surface area contributed by atoms with Crippen molar-refractivity contribution in [1.82, 2.24) is 9.13 Å². The van der Waals surface area contributed by atoms with Crippen molar-refractivity contribution >= 4 is 61.5 Å². The van der Waals surface area contributed by atoms with Crippen LogP contribution in [0.25, 0.3) is 43.6 Å². The second kappa shape index (κ2) is 19.5. The first-order chi connectivity index (χ1) is 29.7. The zero-order valence-electron chi connectivity index (χ0n) is 35.1. The molecule has 0 spiro atoms. The lowest BCUT2D eigenvalue weighted by Crippen LogP contribution is -2.18. The molecule has 0 radical (unpaired) electrons. The van der Waals surface area contributed by atoms with Gasteiger partial charge < -0.3 is 52.3 Å². The summed E-state index contributed by atoms with van der Waals surface area (Å²) in [7, 11) is 10.3. The Morgan fingerprint density at radius 2 is 0.754 bits per heavy atom. The number of ether oxygens (including phenoxy) is 10. The Morgan fingerprint density at radius 1 is 0.426 bits per heavy atom. The Hall–Kier alpha value is -6.84. The Balaban J connectivity index is 0.842. The minimum Gasteiger partial charge on any atom is -0.497 e. The van der Waals surface area contributed by atoms with Gasteiger partial charge in [0.15, 0.2) is 0 Å². The standard InChI is InChI=1S/C46H49N3O12/c1-47(2)30-23-35(58-19-15-56-17-21-60-45(50)48-41-11-7-31(52-3)26-37(41)38-27-32(53-4)8-12-42(38)48)25-36(24-30)59-20-16-57-18-22-61-46(51)49-43-13-9-33(54-5)28-39(43)40-29-34(55-6)10-14-44(40)49/h7-14,23-29H,15-22H2,1-6H3. The van der Waals surface area contributed by atoms with Gasteiger partial charge >= 0.3 is 12.2 Å². The molecule has 0 saturated carbocycles. The molecule has 0 aliphatic rings. The smallest absolute Gasteiger partial charge is 0.419 e. The Kier molecular flexibility index (Phi) is 13.5. The SMILES string of the molecule is COc1ccc2c(c1)c1cc(OC)ccc1n2C(=O)OCCOCCOc1cc(OCCOCCOC(=O)n2c3ccc(OC)cc3c3cc(OC)ccc32)cc(N(C)C)c1. The largest absolute Gasteiger partial charge is 0.497 e. The van der Waals surface area contributed by atoms with Crippen LogP contribution in [0.1, 0.15) is 0 Å². The third-order valence-corrected chi connectivity index (χ3v) is 10.0. The van der Waals surface area contributed by atoms with E-state index in [0.717, 1.165) is 27.2 Å². The lowest BCUT2D eigenvalue weighted by molar-refractivity contribution is 0.0577. The molecule has 0 unspecified atom stereocenters. The molecular weight excluding hydrogens is 787 g/mol. The highest BCUT2D eigenvalue weighted by Gasteiger charge is 2.20. The third-order valence-electron chi connectivity index (χ3n) is 10.0. The van der Waals surface area contributed by atoms with Crippen LogP contribution in [0, 0.1) is 0 Å². The first-order valence-electron chi connectivity index (χ1n) is 19.6. The molecule has 15 nitrogen and oxygen atoms in total. The predicted octanol–water partition coefficient (Wildman–Crippen LogP) is 8.16. The highest BCUT2D eigenvalue weighted by Crippen LogP contribution is 2.36. The van der Waals surface area contributed by atoms with Crippen LogP contribution < -0.4 is 33.3 Å². The highest BCUT2D eigenvalue weighted by molar-refractivity contribution is 6.14. The van der Waals surface area contributed by atoms with Crippen LogP contribution in [0.15, 0.2) is 91.0 Å². The number of fused-ring (bicyclic) bond motifs is 6. The van der Waals surface area contributed by atoms with Crippen molar-refractivity contribution < 1.29 is 57.0 Å². The maximum Gasteiger partial charge on any atom is 0.419 e. The number of carbonyl (C=O) groups is 2. The van der Waals surface area contributed by atoms with Crippen LogP contribution in [-0.2, 0) is 18.9 Å². The Morgan fingerprint density at radius 3 is 1.07 bits per heavy atom. The van der Waals surface area contributed by atoms with Gasteiger partial charge in [-0.3, -0.25) is 0 Å². The number of methoxy groups -OCH3 is 4. The Bertz CT molecular complexity index is 2350. The summed E-state index contributed by atoms with van der Waals surface area (Å²) in [5, 5.41) is 3.37. The molecule has 15 heteroatoms. The van der Waals surface area contributed by atoms with Gasteiger partial charge in [0, 0.05) is 59.5 Å². The van der Waals surface area contributed by atoms with E-state index in [1.807, 2.05) is 79.7 Å². The summed E-state index contributed by atoms with van der Waals surface area (Å²) in [6.07, 6.45) is -1.03. The molecule has 2 aromatic heterocycles. The summed E-state index contributed by atoms with van der Waals surface area (Å²) in [6.45, 7) is 1.55. The van der Waals surface area contributed by atoms with Crippen molar-refractivity contribution in [3.05, 3.63) is 91.0 Å². The van der Waals surface area contributed by atoms with Crippen LogP contribution in [0.2, 0.25) is 0 Å². The molecule has 2 heterocycles. The van der Waals surface area contributed by atoms with Crippen molar-refractivity contribution in [3.8, 4) is 34.5 Å². The minimum absolute atomic E-state index is 0.0540. The quantitative estimate of drug-likeness (QED) is 0.0725. The number of nitrogens with zero attached hydrogens (tertiary/aromatic N) is 3. The summed E-state index contributed by atoms with van der Waals surface area (Å²) in [5.41, 5.74) is 3.66. The van der Waals surface area contributed by atoms with Crippen LogP contribution in [-0.4, -0.2) is 117 Å². The number of hydrogen-bond donors (Lipinski definition) is 0. The summed E-state index contributed by atoms with van der Waals surface area (Å²) in [5.74, 6) is 3.91. The molecule has 0 aliphatic heterocycles. The molecule has 0 saturated heterocycles. The highest BCUT2D eigenvalue weighted by atomic mass is 16.6. The number of benzene rings is 5. The van der Waals surface area contributed by atoms with E-state index < -0.39 is 12.2 Å². The first kappa shape index (κ1) is 42.3. The molecule has 5 aromatic carbocycles. The van der Waals surface area contributed by atoms with Gasteiger partial charge in [0.1, 0.15) is 60.9 Å². The maximum absolute atomic E-state index is 13.3. The van der Waals surface area contributed by atoms with Gasteiger partial charge in [-0.15, -0.1) is 0 Å². The second-order valence-corrected chi connectivity index (χ2v) is 13.9. The van der Waals surface area contributed by atoms with E-state index in [-0.39, 0.29) is 52.9 Å². The van der Waals surface area contributed by atoms with E-state index in [2.05, 4.69) is 0 Å². The van der Waals surface area contributed by atoms with Crippen LogP contribution in [0.3, 0.4) is 0 Å². The lowest BCUT2D eigenvalue weighted by Gasteiger charge is -2.17. The third kappa shape index (κ3) is 9.48. The topological polar surface area (TPSA) is 140 Å². The van der Waals surface area contributed by atoms with Gasteiger partial charge in [0.25, 0.3) is 0 Å². The van der Waals surface area contributed by atoms with Crippen molar-refractivity contribution in [2.75, 3.05) is 100 Å². The number of rotatable bonds is 19. The van der Waals surface area contributed by atoms with Crippen molar-refractivity contribution in [2.45, 2.75) is 0 Å². The fraction of sp³-hybridized carbons (Fsp3) is 0.304. The molecule has 7 aromatic rings. The fourth-order valence-corrected chi connectivity index (χ4v) is 6.99. The fourth-order valence-electron chi connectivity index (χ4n) is 6.99. The number of anilines is 1. The van der Waals surface area contributed by atoms with Gasteiger partial charge in [0.2, 0.25) is 0 Å². The second-order valence-electron chi connectivity index (χ2n) is 13.9. The van der Waals surface area contributed by atoms with E-state index >= 15 is 0 Å². The average molecular weight is 836 g/mol. The molecule has 0 N–H and O–H groups in total. The molecular formula is C46H49N3O12. The van der Waals surface area contributed by atoms with E-state index in [4.69, 9.17) is 47.4 Å². The van der Waals surface area contributed by atoms with Crippen LogP contribution >= 0.6 is 0 Å². The monoisotopic (exact) mass is 835 g/mol. The summed E-state index contributed by atoms with van der Waals surface area (Å²) < 4.78 is 59.4. The molecule has 0 aliphatic carbocycles. The lowest BCUT2D eigenvalue weighted by atomic mass is 10.1. The van der Waals surface area contributed by atoms with Crippen molar-refractivity contribution in [1.29, 1.82) is 0 Å². The van der Waals surface area contributed by atoms with Gasteiger partial charge in [-0.05, 0) is 72.8 Å². The molecule has 0 atom stereocenters. The molecule has 61 heavy (non-hydrogen) atoms.